The van der Waals surface area contributed by atoms with E-state index in [0.29, 0.717) is 0 Å². The quantitative estimate of drug-likeness (QED) is 0.863. The van der Waals surface area contributed by atoms with E-state index in [4.69, 9.17) is 0 Å². The van der Waals surface area contributed by atoms with E-state index in [2.05, 4.69) is 15.8 Å². The number of rotatable bonds is 4. The highest BCUT2D eigenvalue weighted by Gasteiger charge is 2.30. The van der Waals surface area contributed by atoms with Gasteiger partial charge in [-0.3, -0.25) is 0 Å². The second-order valence-electron chi connectivity index (χ2n) is 3.00. The predicted octanol–water partition coefficient (Wildman–Crippen LogP) is 2.98. The summed E-state index contributed by atoms with van der Waals surface area (Å²) in [4.78, 5) is 0. The zero-order chi connectivity index (χ0) is 13.3. The first-order valence-corrected chi connectivity index (χ1v) is 5.18. The van der Waals surface area contributed by atoms with Crippen LogP contribution in [0.25, 0.3) is 0 Å². The summed E-state index contributed by atoms with van der Waals surface area (Å²) in [5.74, 6) is -0.204. The average molecular weight is 250 g/mol. The van der Waals surface area contributed by atoms with Crippen LogP contribution in [0.2, 0.25) is 0 Å². The van der Waals surface area contributed by atoms with Crippen LogP contribution in [0.4, 0.5) is 18.9 Å². The minimum atomic E-state index is -4.63. The molecule has 0 amide bonds. The number of nitrogens with two attached hydrogens (primary N) is 1. The molecule has 0 bridgehead atoms. The van der Waals surface area contributed by atoms with Crippen LogP contribution < -0.4 is 15.8 Å². The first-order valence-electron chi connectivity index (χ1n) is 5.18. The summed E-state index contributed by atoms with van der Waals surface area (Å²) < 4.78 is 39.2. The second kappa shape index (κ2) is 7.78. The monoisotopic (exact) mass is 250 g/mol. The summed E-state index contributed by atoms with van der Waals surface area (Å²) in [5.41, 5.74) is 5.28. The minimum absolute atomic E-state index is 0.204. The summed E-state index contributed by atoms with van der Waals surface area (Å²) in [7, 11) is 1.50. The van der Waals surface area contributed by atoms with Gasteiger partial charge in [0.1, 0.15) is 5.75 Å². The average Bonchev–Trinajstić information content (AvgIpc) is 2.29. The van der Waals surface area contributed by atoms with E-state index in [9.17, 15) is 13.2 Å². The van der Waals surface area contributed by atoms with E-state index in [1.165, 1.54) is 19.2 Å². The standard InChI is InChI=1S/C10H12F3NO.CH5N/c1-2-7-14-8-3-5-9(6-4-8)15-10(11,12)13;1-2/h3-6,14H,2,7H2,1H3;2H2,1H3. The zero-order valence-electron chi connectivity index (χ0n) is 9.84. The zero-order valence-corrected chi connectivity index (χ0v) is 9.84. The number of nitrogens with one attached hydrogen (secondary N) is 1. The molecular weight excluding hydrogens is 233 g/mol. The Bertz CT molecular complexity index is 299. The van der Waals surface area contributed by atoms with Crippen LogP contribution in [0.1, 0.15) is 13.3 Å². The van der Waals surface area contributed by atoms with Gasteiger partial charge in [-0.1, -0.05) is 6.92 Å². The Hall–Kier alpha value is -1.43. The van der Waals surface area contributed by atoms with Gasteiger partial charge < -0.3 is 15.8 Å². The molecule has 0 radical (unpaired) electrons. The van der Waals surface area contributed by atoms with Crippen molar-refractivity contribution < 1.29 is 17.9 Å². The van der Waals surface area contributed by atoms with E-state index in [-0.39, 0.29) is 5.75 Å². The van der Waals surface area contributed by atoms with Crippen molar-refractivity contribution in [2.75, 3.05) is 18.9 Å². The Kier molecular flexibility index (Phi) is 7.13. The third-order valence-corrected chi connectivity index (χ3v) is 1.67. The topological polar surface area (TPSA) is 47.3 Å². The number of benzene rings is 1. The van der Waals surface area contributed by atoms with Gasteiger partial charge in [-0.2, -0.15) is 0 Å². The SMILES string of the molecule is CCCNc1ccc(OC(F)(F)F)cc1.CN. The number of anilines is 1. The van der Waals surface area contributed by atoms with Crippen LogP contribution >= 0.6 is 0 Å². The number of halogens is 3. The van der Waals surface area contributed by atoms with Crippen molar-refractivity contribution in [1.29, 1.82) is 0 Å². The van der Waals surface area contributed by atoms with Crippen molar-refractivity contribution >= 4 is 5.69 Å². The molecule has 17 heavy (non-hydrogen) atoms. The normalized spacial score (nSPS) is 10.2. The van der Waals surface area contributed by atoms with Gasteiger partial charge in [-0.05, 0) is 37.7 Å². The van der Waals surface area contributed by atoms with Gasteiger partial charge in [0.15, 0.2) is 0 Å². The molecule has 3 N–H and O–H groups in total. The van der Waals surface area contributed by atoms with Crippen molar-refractivity contribution in [3.63, 3.8) is 0 Å². The third-order valence-electron chi connectivity index (χ3n) is 1.67. The van der Waals surface area contributed by atoms with Gasteiger partial charge >= 0.3 is 6.36 Å². The van der Waals surface area contributed by atoms with Crippen molar-refractivity contribution in [3.8, 4) is 5.75 Å². The molecule has 1 rings (SSSR count). The van der Waals surface area contributed by atoms with Gasteiger partial charge in [-0.25, -0.2) is 0 Å². The second-order valence-corrected chi connectivity index (χ2v) is 3.00. The smallest absolute Gasteiger partial charge is 0.406 e. The van der Waals surface area contributed by atoms with Crippen LogP contribution in [0.5, 0.6) is 5.75 Å². The lowest BCUT2D eigenvalue weighted by atomic mass is 10.3. The maximum Gasteiger partial charge on any atom is 0.573 e. The molecule has 3 nitrogen and oxygen atoms in total. The van der Waals surface area contributed by atoms with Crippen molar-refractivity contribution in [2.24, 2.45) is 5.73 Å². The van der Waals surface area contributed by atoms with Gasteiger partial charge in [0.2, 0.25) is 0 Å². The summed E-state index contributed by atoms with van der Waals surface area (Å²) in [6.45, 7) is 2.80. The Morgan fingerprint density at radius 2 is 1.71 bits per heavy atom. The van der Waals surface area contributed by atoms with Crippen molar-refractivity contribution in [1.82, 2.24) is 0 Å². The number of hydrogen-bond donors (Lipinski definition) is 2. The molecule has 0 spiro atoms. The Morgan fingerprint density at radius 3 is 2.12 bits per heavy atom. The van der Waals surface area contributed by atoms with Crippen LogP contribution in [0.3, 0.4) is 0 Å². The molecule has 0 atom stereocenters. The molecule has 0 unspecified atom stereocenters. The van der Waals surface area contributed by atoms with Crippen LogP contribution in [-0.4, -0.2) is 20.0 Å². The maximum atomic E-state index is 11.8. The molecule has 0 saturated heterocycles. The highest BCUT2D eigenvalue weighted by molar-refractivity contribution is 5.46. The summed E-state index contributed by atoms with van der Waals surface area (Å²) in [6, 6.07) is 5.67. The first kappa shape index (κ1) is 15.6. The minimum Gasteiger partial charge on any atom is -0.406 e. The van der Waals surface area contributed by atoms with E-state index >= 15 is 0 Å². The molecule has 98 valence electrons. The fourth-order valence-corrected chi connectivity index (χ4v) is 1.04. The molecule has 1 aromatic rings. The molecule has 1 aromatic carbocycles. The Balaban J connectivity index is 0.00000121. The van der Waals surface area contributed by atoms with Crippen LogP contribution in [0.15, 0.2) is 24.3 Å². The highest BCUT2D eigenvalue weighted by Crippen LogP contribution is 2.23. The lowest BCUT2D eigenvalue weighted by Gasteiger charge is -2.09. The largest absolute Gasteiger partial charge is 0.573 e. The molecule has 0 aromatic heterocycles. The first-order chi connectivity index (χ1) is 8.01. The summed E-state index contributed by atoms with van der Waals surface area (Å²) >= 11 is 0. The number of alkyl halides is 3. The van der Waals surface area contributed by atoms with Crippen molar-refractivity contribution in [2.45, 2.75) is 19.7 Å². The lowest BCUT2D eigenvalue weighted by molar-refractivity contribution is -0.274. The molecule has 0 heterocycles. The Labute approximate surface area is 98.8 Å². The highest BCUT2D eigenvalue weighted by atomic mass is 19.4. The van der Waals surface area contributed by atoms with Crippen LogP contribution in [-0.2, 0) is 0 Å². The summed E-state index contributed by atoms with van der Waals surface area (Å²) in [5, 5.41) is 3.05. The number of hydrogen-bond acceptors (Lipinski definition) is 3. The molecule has 0 aliphatic heterocycles. The fourth-order valence-electron chi connectivity index (χ4n) is 1.04. The molecule has 6 heteroatoms. The van der Waals surface area contributed by atoms with Gasteiger partial charge in [-0.15, -0.1) is 13.2 Å². The maximum absolute atomic E-state index is 11.8. The fraction of sp³-hybridized carbons (Fsp3) is 0.455. The van der Waals surface area contributed by atoms with Crippen LogP contribution in [0, 0.1) is 0 Å². The van der Waals surface area contributed by atoms with E-state index < -0.39 is 6.36 Å². The molecule has 0 aliphatic rings. The lowest BCUT2D eigenvalue weighted by Crippen LogP contribution is -2.17. The predicted molar refractivity (Wildman–Crippen MR) is 62.0 cm³/mol. The van der Waals surface area contributed by atoms with E-state index in [1.54, 1.807) is 12.1 Å². The molecular formula is C11H17F3N2O. The Morgan fingerprint density at radius 1 is 1.18 bits per heavy atom. The van der Waals surface area contributed by atoms with Gasteiger partial charge in [0.05, 0.1) is 0 Å². The molecule has 0 fully saturated rings. The van der Waals surface area contributed by atoms with Gasteiger partial charge in [0.25, 0.3) is 0 Å². The molecule has 0 saturated carbocycles. The third kappa shape index (κ3) is 7.46. The number of ether oxygens (including phenoxy) is 1. The van der Waals surface area contributed by atoms with Crippen molar-refractivity contribution in [3.05, 3.63) is 24.3 Å². The summed E-state index contributed by atoms with van der Waals surface area (Å²) in [6.07, 6.45) is -3.67. The van der Waals surface area contributed by atoms with E-state index in [1.807, 2.05) is 6.92 Å². The van der Waals surface area contributed by atoms with Gasteiger partial charge in [0, 0.05) is 12.2 Å². The van der Waals surface area contributed by atoms with E-state index in [0.717, 1.165) is 18.7 Å². The molecule has 0 aliphatic carbocycles.